The summed E-state index contributed by atoms with van der Waals surface area (Å²) in [7, 11) is 1.36. The lowest BCUT2D eigenvalue weighted by atomic mass is 10.0. The average molecular weight is 353 g/mol. The number of likely N-dealkylation sites (tertiary alicyclic amines) is 1. The van der Waals surface area contributed by atoms with Crippen LogP contribution in [0.5, 0.6) is 5.75 Å². The molecule has 5 nitrogen and oxygen atoms in total. The molecule has 0 aliphatic carbocycles. The van der Waals surface area contributed by atoms with Crippen molar-refractivity contribution in [3.63, 3.8) is 0 Å². The summed E-state index contributed by atoms with van der Waals surface area (Å²) in [5.74, 6) is 0.337. The van der Waals surface area contributed by atoms with E-state index >= 15 is 0 Å². The van der Waals surface area contributed by atoms with Gasteiger partial charge in [-0.2, -0.15) is 0 Å². The number of amides is 1. The van der Waals surface area contributed by atoms with Crippen LogP contribution in [0.4, 0.5) is 0 Å². The Morgan fingerprint density at radius 2 is 1.77 bits per heavy atom. The van der Waals surface area contributed by atoms with Gasteiger partial charge < -0.3 is 14.4 Å². The summed E-state index contributed by atoms with van der Waals surface area (Å²) in [4.78, 5) is 26.4. The van der Waals surface area contributed by atoms with E-state index in [4.69, 9.17) is 9.47 Å². The van der Waals surface area contributed by atoms with Gasteiger partial charge in [0.2, 0.25) is 0 Å². The van der Waals surface area contributed by atoms with Gasteiger partial charge in [-0.15, -0.1) is 0 Å². The zero-order valence-electron chi connectivity index (χ0n) is 14.9. The van der Waals surface area contributed by atoms with Crippen molar-refractivity contribution in [2.75, 3.05) is 13.7 Å². The lowest BCUT2D eigenvalue weighted by Gasteiger charge is -2.33. The molecule has 1 aliphatic rings. The van der Waals surface area contributed by atoms with E-state index in [9.17, 15) is 9.59 Å². The molecule has 1 atom stereocenters. The van der Waals surface area contributed by atoms with Crippen molar-refractivity contribution >= 4 is 11.9 Å². The molecule has 5 heteroatoms. The minimum Gasteiger partial charge on any atom is -0.489 e. The van der Waals surface area contributed by atoms with Crippen LogP contribution in [0.2, 0.25) is 0 Å². The Bertz CT molecular complexity index is 742. The van der Waals surface area contributed by atoms with E-state index in [0.717, 1.165) is 24.2 Å². The largest absolute Gasteiger partial charge is 0.489 e. The molecule has 1 heterocycles. The first kappa shape index (κ1) is 18.0. The van der Waals surface area contributed by atoms with Crippen LogP contribution < -0.4 is 4.74 Å². The van der Waals surface area contributed by atoms with Crippen LogP contribution in [0.15, 0.2) is 54.6 Å². The highest BCUT2D eigenvalue weighted by molar-refractivity contribution is 5.97. The Hall–Kier alpha value is -2.82. The lowest BCUT2D eigenvalue weighted by molar-refractivity contribution is -0.147. The Labute approximate surface area is 153 Å². The second-order valence-electron chi connectivity index (χ2n) is 6.33. The van der Waals surface area contributed by atoms with Crippen molar-refractivity contribution in [2.45, 2.75) is 31.9 Å². The van der Waals surface area contributed by atoms with Crippen LogP contribution >= 0.6 is 0 Å². The maximum Gasteiger partial charge on any atom is 0.328 e. The Kier molecular flexibility index (Phi) is 5.89. The quantitative estimate of drug-likeness (QED) is 0.773. The molecule has 2 aromatic rings. The molecule has 2 aromatic carbocycles. The van der Waals surface area contributed by atoms with Gasteiger partial charge in [0, 0.05) is 12.1 Å². The number of hydrogen-bond acceptors (Lipinski definition) is 4. The maximum atomic E-state index is 12.8. The van der Waals surface area contributed by atoms with Crippen molar-refractivity contribution in [3.05, 3.63) is 65.7 Å². The number of piperidine rings is 1. The normalized spacial score (nSPS) is 16.8. The van der Waals surface area contributed by atoms with E-state index in [-0.39, 0.29) is 11.9 Å². The van der Waals surface area contributed by atoms with Crippen molar-refractivity contribution in [3.8, 4) is 5.75 Å². The highest BCUT2D eigenvalue weighted by Gasteiger charge is 2.33. The van der Waals surface area contributed by atoms with Crippen LogP contribution in [0.25, 0.3) is 0 Å². The number of ether oxygens (including phenoxy) is 2. The molecule has 1 aliphatic heterocycles. The van der Waals surface area contributed by atoms with E-state index in [1.165, 1.54) is 7.11 Å². The summed E-state index contributed by atoms with van der Waals surface area (Å²) in [6, 6.07) is 16.4. The van der Waals surface area contributed by atoms with Crippen molar-refractivity contribution in [2.24, 2.45) is 0 Å². The number of rotatable bonds is 5. The number of benzene rings is 2. The summed E-state index contributed by atoms with van der Waals surface area (Å²) in [6.45, 7) is 1.02. The van der Waals surface area contributed by atoms with E-state index in [0.29, 0.717) is 25.1 Å². The monoisotopic (exact) mass is 353 g/mol. The highest BCUT2D eigenvalue weighted by atomic mass is 16.5. The maximum absolute atomic E-state index is 12.8. The minimum atomic E-state index is -0.484. The van der Waals surface area contributed by atoms with Gasteiger partial charge in [0.1, 0.15) is 18.4 Å². The molecule has 0 saturated carbocycles. The molecule has 3 rings (SSSR count). The fraction of sp³-hybridized carbons (Fsp3) is 0.333. The molecule has 1 fully saturated rings. The summed E-state index contributed by atoms with van der Waals surface area (Å²) in [5.41, 5.74) is 1.55. The van der Waals surface area contributed by atoms with E-state index in [1.54, 1.807) is 17.0 Å². The van der Waals surface area contributed by atoms with Crippen LogP contribution in [0, 0.1) is 0 Å². The van der Waals surface area contributed by atoms with Gasteiger partial charge >= 0.3 is 5.97 Å². The molecule has 1 unspecified atom stereocenters. The number of esters is 1. The first-order valence-corrected chi connectivity index (χ1v) is 8.84. The lowest BCUT2D eigenvalue weighted by Crippen LogP contribution is -2.48. The first-order valence-electron chi connectivity index (χ1n) is 8.84. The van der Waals surface area contributed by atoms with Gasteiger partial charge in [0.15, 0.2) is 0 Å². The molecule has 0 N–H and O–H groups in total. The third-order valence-corrected chi connectivity index (χ3v) is 4.59. The van der Waals surface area contributed by atoms with Gasteiger partial charge in [0.25, 0.3) is 5.91 Å². The van der Waals surface area contributed by atoms with Crippen LogP contribution in [0.3, 0.4) is 0 Å². The fourth-order valence-corrected chi connectivity index (χ4v) is 3.15. The number of carbonyl (C=O) groups excluding carboxylic acids is 2. The zero-order valence-corrected chi connectivity index (χ0v) is 14.9. The minimum absolute atomic E-state index is 0.129. The third-order valence-electron chi connectivity index (χ3n) is 4.59. The highest BCUT2D eigenvalue weighted by Crippen LogP contribution is 2.21. The van der Waals surface area contributed by atoms with Crippen LogP contribution in [0.1, 0.15) is 35.2 Å². The molecule has 136 valence electrons. The topological polar surface area (TPSA) is 55.8 Å². The second kappa shape index (κ2) is 8.52. The van der Waals surface area contributed by atoms with Crippen LogP contribution in [-0.2, 0) is 16.1 Å². The molecule has 1 amide bonds. The van der Waals surface area contributed by atoms with Gasteiger partial charge in [-0.1, -0.05) is 30.3 Å². The predicted octanol–water partition coefficient (Wildman–Crippen LogP) is 3.43. The smallest absolute Gasteiger partial charge is 0.328 e. The summed E-state index contributed by atoms with van der Waals surface area (Å²) in [5, 5.41) is 0. The predicted molar refractivity (Wildman–Crippen MR) is 97.9 cm³/mol. The molecule has 0 spiro atoms. The van der Waals surface area contributed by atoms with Gasteiger partial charge in [-0.25, -0.2) is 4.79 Å². The summed E-state index contributed by atoms with van der Waals surface area (Å²) < 4.78 is 10.6. The van der Waals surface area contributed by atoms with Crippen molar-refractivity contribution in [1.29, 1.82) is 0 Å². The van der Waals surface area contributed by atoms with Crippen LogP contribution in [-0.4, -0.2) is 36.5 Å². The van der Waals surface area contributed by atoms with Crippen molar-refractivity contribution < 1.29 is 19.1 Å². The average Bonchev–Trinajstić information content (AvgIpc) is 2.72. The fourth-order valence-electron chi connectivity index (χ4n) is 3.15. The SMILES string of the molecule is COC(=O)C1CCCCN1C(=O)c1ccc(COc2ccccc2)cc1. The summed E-state index contributed by atoms with van der Waals surface area (Å²) >= 11 is 0. The third kappa shape index (κ3) is 4.23. The Morgan fingerprint density at radius 1 is 1.04 bits per heavy atom. The van der Waals surface area contributed by atoms with Gasteiger partial charge in [-0.3, -0.25) is 4.79 Å². The van der Waals surface area contributed by atoms with E-state index in [1.807, 2.05) is 42.5 Å². The van der Waals surface area contributed by atoms with Crippen molar-refractivity contribution in [1.82, 2.24) is 4.90 Å². The molecule has 0 bridgehead atoms. The number of nitrogens with zero attached hydrogens (tertiary/aromatic N) is 1. The zero-order chi connectivity index (χ0) is 18.4. The molecular formula is C21H23NO4. The Morgan fingerprint density at radius 3 is 2.46 bits per heavy atom. The first-order chi connectivity index (χ1) is 12.7. The Balaban J connectivity index is 1.65. The van der Waals surface area contributed by atoms with E-state index in [2.05, 4.69) is 0 Å². The number of hydrogen-bond donors (Lipinski definition) is 0. The van der Waals surface area contributed by atoms with Gasteiger partial charge in [0.05, 0.1) is 7.11 Å². The molecule has 1 saturated heterocycles. The number of carbonyl (C=O) groups is 2. The standard InChI is InChI=1S/C21H23NO4/c1-25-21(24)19-9-5-6-14-22(19)20(23)17-12-10-16(11-13-17)15-26-18-7-3-2-4-8-18/h2-4,7-8,10-13,19H,5-6,9,14-15H2,1H3. The second-order valence-corrected chi connectivity index (χ2v) is 6.33. The molecular weight excluding hydrogens is 330 g/mol. The molecule has 0 radical (unpaired) electrons. The molecule has 26 heavy (non-hydrogen) atoms. The summed E-state index contributed by atoms with van der Waals surface area (Å²) in [6.07, 6.45) is 2.49. The number of methoxy groups -OCH3 is 1. The van der Waals surface area contributed by atoms with E-state index < -0.39 is 6.04 Å². The number of para-hydroxylation sites is 1. The molecule has 0 aromatic heterocycles. The van der Waals surface area contributed by atoms with Gasteiger partial charge in [-0.05, 0) is 49.1 Å².